The molecule has 1 rings (SSSR count). The summed E-state index contributed by atoms with van der Waals surface area (Å²) in [5.74, 6) is -1.02. The molecule has 1 atom stereocenters. The first-order valence-electron chi connectivity index (χ1n) is 7.68. The topological polar surface area (TPSA) is 54.2 Å². The van der Waals surface area contributed by atoms with Gasteiger partial charge in [-0.15, -0.1) is 6.54 Å². The maximum absolute atomic E-state index is 10.1. The number of rotatable bonds is 1. The Bertz CT molecular complexity index is 208. The minimum Gasteiger partial charge on any atom is -1.00 e. The van der Waals surface area contributed by atoms with Gasteiger partial charge in [0.15, 0.2) is 0 Å². The minimum absolute atomic E-state index is 0. The Labute approximate surface area is 168 Å². The molecule has 8 heteroatoms. The molecule has 0 aromatic heterocycles. The molecule has 1 unspecified atom stereocenters. The number of carboxylic acid groups (broad SMARTS) is 1. The van der Waals surface area contributed by atoms with E-state index in [1.165, 1.54) is 0 Å². The van der Waals surface area contributed by atoms with E-state index in [1.807, 2.05) is 0 Å². The molecule has 0 aromatic carbocycles. The number of hydrogen-bond donors (Lipinski definition) is 0. The van der Waals surface area contributed by atoms with E-state index in [2.05, 4.69) is 65.3 Å². The minimum atomic E-state index is -1.02. The Balaban J connectivity index is -0.0000000670. The molecule has 0 aliphatic carbocycles. The van der Waals surface area contributed by atoms with Gasteiger partial charge < -0.3 is 27.6 Å². The van der Waals surface area contributed by atoms with E-state index in [9.17, 15) is 9.90 Å². The summed E-state index contributed by atoms with van der Waals surface area (Å²) in [6.07, 6.45) is 2.67. The average Bonchev–Trinajstić information content (AvgIpc) is 2.27. The molecule has 1 aliphatic heterocycles. The van der Waals surface area contributed by atoms with Gasteiger partial charge in [-0.2, -0.15) is 0 Å². The molecule has 0 spiro atoms. The van der Waals surface area contributed by atoms with E-state index in [-0.39, 0.29) is 56.3 Å². The number of aliphatic carboxylic acids is 1. The van der Waals surface area contributed by atoms with Gasteiger partial charge in [-0.3, -0.25) is 0 Å². The molecule has 0 bridgehead atoms. The molecule has 0 aromatic rings. The summed E-state index contributed by atoms with van der Waals surface area (Å²) >= 11 is 0. The van der Waals surface area contributed by atoms with Crippen molar-refractivity contribution in [1.82, 2.24) is 0 Å². The van der Waals surface area contributed by atoms with E-state index in [4.69, 9.17) is 0 Å². The molecular weight excluding hydrogens is 547 g/mol. The van der Waals surface area contributed by atoms with Crippen LogP contribution in [0.4, 0.5) is 0 Å². The van der Waals surface area contributed by atoms with Crippen molar-refractivity contribution in [2.45, 2.75) is 25.3 Å². The maximum atomic E-state index is 10.1. The monoisotopic (exact) mass is 586 g/mol. The van der Waals surface area contributed by atoms with Gasteiger partial charge in [-0.05, 0) is 23.8 Å². The fourth-order valence-electron chi connectivity index (χ4n) is 0.980. The Morgan fingerprint density at radius 1 is 0.870 bits per heavy atom. The summed E-state index contributed by atoms with van der Waals surface area (Å²) in [5, 5.41) is 14.0. The van der Waals surface area contributed by atoms with E-state index in [1.54, 1.807) is 0 Å². The number of halogens is 1. The normalized spacial score (nSPS) is 15.6. The second kappa shape index (κ2) is 25.9. The van der Waals surface area contributed by atoms with Crippen LogP contribution < -0.4 is 17.5 Å². The summed E-state index contributed by atoms with van der Waals surface area (Å²) < 4.78 is 0. The fraction of sp³-hybridized carbons (Fsp3) is 0.933. The second-order valence-corrected chi connectivity index (χ2v) is 15.7. The number of carbonyl (C=O) groups is 1. The van der Waals surface area contributed by atoms with Crippen molar-refractivity contribution in [2.75, 3.05) is 66.5 Å². The summed E-state index contributed by atoms with van der Waals surface area (Å²) in [4.78, 5) is 10.1. The Hall–Kier alpha value is 1.66. The van der Waals surface area contributed by atoms with Crippen molar-refractivity contribution in [3.63, 3.8) is 0 Å². The van der Waals surface area contributed by atoms with Gasteiger partial charge >= 0.3 is 20.1 Å². The van der Waals surface area contributed by atoms with Crippen molar-refractivity contribution in [2.24, 2.45) is 0 Å². The number of hydrogen-bond acceptors (Lipinski definition) is 2. The largest absolute Gasteiger partial charge is 3.00 e. The molecular formula is C15H39ClIrNO2P3+3. The summed E-state index contributed by atoms with van der Waals surface area (Å²) in [6, 6.07) is -0.515. The van der Waals surface area contributed by atoms with Gasteiger partial charge in [-0.1, -0.05) is 25.3 Å². The summed E-state index contributed by atoms with van der Waals surface area (Å²) in [5.41, 5.74) is 0. The van der Waals surface area contributed by atoms with Gasteiger partial charge in [0.1, 0.15) is 0 Å². The maximum Gasteiger partial charge on any atom is 3.00 e. The first kappa shape index (κ1) is 35.7. The van der Waals surface area contributed by atoms with E-state index < -0.39 is 12.0 Å². The third-order valence-electron chi connectivity index (χ3n) is 1.51. The Morgan fingerprint density at radius 3 is 1.30 bits per heavy atom. The van der Waals surface area contributed by atoms with Crippen LogP contribution in [0.2, 0.25) is 0 Å². The van der Waals surface area contributed by atoms with Crippen molar-refractivity contribution in [3.8, 4) is 0 Å². The van der Waals surface area contributed by atoms with Gasteiger partial charge in [0.05, 0.1) is 0 Å². The third kappa shape index (κ3) is 59.5. The quantitative estimate of drug-likeness (QED) is 0.405. The van der Waals surface area contributed by atoms with Crippen molar-refractivity contribution in [3.05, 3.63) is 5.32 Å². The van der Waals surface area contributed by atoms with Crippen molar-refractivity contribution in [1.29, 1.82) is 0 Å². The van der Waals surface area contributed by atoms with Crippen LogP contribution >= 0.6 is 23.8 Å². The van der Waals surface area contributed by atoms with Crippen LogP contribution in [-0.4, -0.2) is 78.5 Å². The van der Waals surface area contributed by atoms with E-state index in [0.717, 1.165) is 12.8 Å². The molecule has 23 heavy (non-hydrogen) atoms. The van der Waals surface area contributed by atoms with Gasteiger partial charge in [0.25, 0.3) is 0 Å². The van der Waals surface area contributed by atoms with Crippen LogP contribution in [0.1, 0.15) is 19.3 Å². The summed E-state index contributed by atoms with van der Waals surface area (Å²) in [7, 11) is 0.361. The molecule has 1 fully saturated rings. The zero-order chi connectivity index (χ0) is 17.4. The van der Waals surface area contributed by atoms with Crippen LogP contribution in [0.25, 0.3) is 5.32 Å². The van der Waals surface area contributed by atoms with Crippen LogP contribution in [0.15, 0.2) is 0 Å². The number of carbonyl (C=O) groups excluding carboxylic acids is 1. The standard InChI is InChI=1S/C6H10NO2.3C3H9P.ClH.Ir/c8-6(9)5-3-1-2-4-7-5;3*1-4(2)3;;/h5H,1-4H2,(H,8,9);3*1-3H3;1H;/q-1;;;;;+3/p+1. The zero-order valence-electron chi connectivity index (χ0n) is 16.4. The fourth-order valence-corrected chi connectivity index (χ4v) is 0.980. The smallest absolute Gasteiger partial charge is 1.00 e. The Kier molecular flexibility index (Phi) is 40.2. The predicted molar refractivity (Wildman–Crippen MR) is 109 cm³/mol. The molecule has 3 nitrogen and oxygen atoms in total. The number of piperidine rings is 1. The van der Waals surface area contributed by atoms with Gasteiger partial charge in [0, 0.05) is 66.0 Å². The predicted octanol–water partition coefficient (Wildman–Crippen LogP) is -0.0660. The van der Waals surface area contributed by atoms with Crippen LogP contribution in [-0.2, 0) is 24.9 Å². The third-order valence-corrected chi connectivity index (χ3v) is 1.51. The second-order valence-electron chi connectivity index (χ2n) is 6.74. The molecule has 0 amide bonds. The van der Waals surface area contributed by atoms with E-state index >= 15 is 0 Å². The SMILES string of the molecule is C[PH+](C)C.C[PH+](C)C.C[PH+](C)C.O=C([O-])C1CCCC[N-]1.[Cl-].[Ir+3]. The van der Waals surface area contributed by atoms with Crippen LogP contribution in [0, 0.1) is 0 Å². The summed E-state index contributed by atoms with van der Waals surface area (Å²) in [6.45, 7) is 21.1. The van der Waals surface area contributed by atoms with Gasteiger partial charge in [0.2, 0.25) is 0 Å². The van der Waals surface area contributed by atoms with Crippen molar-refractivity contribution < 1.29 is 42.4 Å². The number of nitrogens with zero attached hydrogens (tertiary/aromatic N) is 1. The van der Waals surface area contributed by atoms with E-state index in [0.29, 0.717) is 13.0 Å². The Morgan fingerprint density at radius 2 is 1.17 bits per heavy atom. The molecule has 1 saturated heterocycles. The molecule has 0 N–H and O–H groups in total. The molecule has 144 valence electrons. The zero-order valence-corrected chi connectivity index (χ0v) is 22.5. The first-order valence-corrected chi connectivity index (χ1v) is 16.7. The molecule has 1 heterocycles. The van der Waals surface area contributed by atoms with Crippen LogP contribution in [0.3, 0.4) is 0 Å². The van der Waals surface area contributed by atoms with Crippen molar-refractivity contribution >= 4 is 29.7 Å². The van der Waals surface area contributed by atoms with Gasteiger partial charge in [-0.25, -0.2) is 0 Å². The molecule has 0 radical (unpaired) electrons. The van der Waals surface area contributed by atoms with Crippen LogP contribution in [0.5, 0.6) is 0 Å². The molecule has 0 saturated carbocycles. The molecule has 1 aliphatic rings. The average molecular weight is 586 g/mol. The first-order chi connectivity index (χ1) is 9.50. The number of carboxylic acids is 1.